The maximum Gasteiger partial charge on any atom is 0.250 e. The minimum atomic E-state index is -1.17. The van der Waals surface area contributed by atoms with Gasteiger partial charge in [0.25, 0.3) is 5.56 Å². The van der Waals surface area contributed by atoms with Gasteiger partial charge in [0.15, 0.2) is 0 Å². The summed E-state index contributed by atoms with van der Waals surface area (Å²) in [7, 11) is 1.70. The molecule has 0 fully saturated rings. The van der Waals surface area contributed by atoms with Gasteiger partial charge in [-0.25, -0.2) is 0 Å². The van der Waals surface area contributed by atoms with Crippen LogP contribution in [0.4, 0.5) is 0 Å². The van der Waals surface area contributed by atoms with Gasteiger partial charge in [-0.05, 0) is 49.2 Å². The number of aryl methyl sites for hydroxylation is 1. The highest BCUT2D eigenvalue weighted by Gasteiger charge is 2.28. The predicted molar refractivity (Wildman–Crippen MR) is 78.8 cm³/mol. The number of hydrogen-bond donors (Lipinski definition) is 1. The van der Waals surface area contributed by atoms with Crippen LogP contribution in [0.3, 0.4) is 0 Å². The first-order chi connectivity index (χ1) is 8.12. The average Bonchev–Trinajstić information content (AvgIpc) is 2.21. The number of pyridine rings is 1. The second-order valence-corrected chi connectivity index (χ2v) is 8.10. The summed E-state index contributed by atoms with van der Waals surface area (Å²) < 4.78 is 17.0. The highest BCUT2D eigenvalue weighted by molar-refractivity contribution is 9.10. The highest BCUT2D eigenvalue weighted by atomic mass is 79.9. The van der Waals surface area contributed by atoms with Crippen molar-refractivity contribution in [2.45, 2.75) is 38.5 Å². The van der Waals surface area contributed by atoms with E-state index in [0.717, 1.165) is 10.0 Å². The lowest BCUT2D eigenvalue weighted by molar-refractivity contribution is 0.530. The van der Waals surface area contributed by atoms with Crippen LogP contribution in [0.2, 0.25) is 0 Å². The largest absolute Gasteiger partial charge is 0.598 e. The van der Waals surface area contributed by atoms with Crippen LogP contribution in [0.1, 0.15) is 39.3 Å². The maximum atomic E-state index is 12.0. The molecule has 0 saturated carbocycles. The summed E-state index contributed by atoms with van der Waals surface area (Å²) in [6.45, 7) is 7.61. The Kier molecular flexibility index (Phi) is 5.05. The zero-order chi connectivity index (χ0) is 14.1. The SMILES string of the molecule is CC(N[S@@+]([O-])C(C)(C)C)c1cc(=O)n(C)cc1Br. The van der Waals surface area contributed by atoms with Crippen LogP contribution in [0.5, 0.6) is 0 Å². The van der Waals surface area contributed by atoms with Crippen molar-refractivity contribution in [2.24, 2.45) is 7.05 Å². The summed E-state index contributed by atoms with van der Waals surface area (Å²) in [4.78, 5) is 11.6. The van der Waals surface area contributed by atoms with E-state index in [1.807, 2.05) is 27.7 Å². The molecule has 0 aliphatic rings. The minimum Gasteiger partial charge on any atom is -0.598 e. The van der Waals surface area contributed by atoms with Crippen molar-refractivity contribution in [1.29, 1.82) is 0 Å². The monoisotopic (exact) mass is 334 g/mol. The second kappa shape index (κ2) is 5.77. The Balaban J connectivity index is 2.95. The Morgan fingerprint density at radius 1 is 1.50 bits per heavy atom. The molecule has 4 nitrogen and oxygen atoms in total. The van der Waals surface area contributed by atoms with Gasteiger partial charge in [0.05, 0.1) is 6.04 Å². The van der Waals surface area contributed by atoms with Crippen LogP contribution in [0.15, 0.2) is 21.5 Å². The molecular formula is C12H19BrN2O2S. The normalized spacial score (nSPS) is 15.5. The third-order valence-electron chi connectivity index (χ3n) is 2.52. The zero-order valence-corrected chi connectivity index (χ0v) is 13.7. The van der Waals surface area contributed by atoms with Crippen LogP contribution in [-0.2, 0) is 18.4 Å². The molecule has 0 amide bonds. The van der Waals surface area contributed by atoms with Crippen LogP contribution in [-0.4, -0.2) is 13.9 Å². The molecule has 1 rings (SSSR count). The van der Waals surface area contributed by atoms with Gasteiger partial charge in [0, 0.05) is 35.1 Å². The van der Waals surface area contributed by atoms with Crippen molar-refractivity contribution in [3.63, 3.8) is 0 Å². The van der Waals surface area contributed by atoms with Crippen molar-refractivity contribution in [2.75, 3.05) is 0 Å². The molecule has 0 aromatic carbocycles. The summed E-state index contributed by atoms with van der Waals surface area (Å²) in [6, 6.07) is 1.40. The zero-order valence-electron chi connectivity index (χ0n) is 11.3. The fourth-order valence-corrected chi connectivity index (χ4v) is 2.91. The van der Waals surface area contributed by atoms with Crippen LogP contribution in [0, 0.1) is 0 Å². The number of halogens is 1. The molecule has 0 saturated heterocycles. The average molecular weight is 335 g/mol. The number of nitrogens with zero attached hydrogens (tertiary/aromatic N) is 1. The van der Waals surface area contributed by atoms with Gasteiger partial charge in [-0.2, -0.15) is 0 Å². The molecule has 1 unspecified atom stereocenters. The highest BCUT2D eigenvalue weighted by Crippen LogP contribution is 2.24. The molecule has 0 radical (unpaired) electrons. The van der Waals surface area contributed by atoms with Crippen LogP contribution in [0.25, 0.3) is 0 Å². The van der Waals surface area contributed by atoms with E-state index in [-0.39, 0.29) is 16.3 Å². The molecule has 18 heavy (non-hydrogen) atoms. The molecule has 1 aromatic rings. The van der Waals surface area contributed by atoms with Crippen LogP contribution < -0.4 is 10.3 Å². The third kappa shape index (κ3) is 3.85. The van der Waals surface area contributed by atoms with Gasteiger partial charge in [-0.3, -0.25) is 4.79 Å². The molecule has 2 atom stereocenters. The van der Waals surface area contributed by atoms with Gasteiger partial charge in [-0.1, -0.05) is 0 Å². The molecule has 0 aliphatic carbocycles. The first kappa shape index (κ1) is 15.8. The molecule has 6 heteroatoms. The van der Waals surface area contributed by atoms with Gasteiger partial charge in [-0.15, -0.1) is 4.72 Å². The van der Waals surface area contributed by atoms with Crippen molar-refractivity contribution < 1.29 is 4.55 Å². The maximum absolute atomic E-state index is 12.0. The Labute approximate surface area is 119 Å². The molecule has 1 aromatic heterocycles. The molecule has 1 heterocycles. The smallest absolute Gasteiger partial charge is 0.250 e. The fourth-order valence-electron chi connectivity index (χ4n) is 1.34. The standard InChI is InChI=1S/C12H19BrN2O2S/c1-8(14-18(17)12(2,3)4)9-6-11(16)15(5)7-10(9)13/h6-8,14H,1-5H3/t8?,18-/m0/s1. The van der Waals surface area contributed by atoms with E-state index < -0.39 is 11.4 Å². The number of aromatic nitrogens is 1. The molecular weight excluding hydrogens is 316 g/mol. The topological polar surface area (TPSA) is 57.1 Å². The van der Waals surface area contributed by atoms with Crippen molar-refractivity contribution in [1.82, 2.24) is 9.29 Å². The summed E-state index contributed by atoms with van der Waals surface area (Å²) in [5.41, 5.74) is 0.735. The van der Waals surface area contributed by atoms with Crippen molar-refractivity contribution >= 4 is 27.3 Å². The summed E-state index contributed by atoms with van der Waals surface area (Å²) in [5, 5.41) is 0. The first-order valence-corrected chi connectivity index (χ1v) is 7.61. The quantitative estimate of drug-likeness (QED) is 0.862. The molecule has 1 N–H and O–H groups in total. The van der Waals surface area contributed by atoms with Gasteiger partial charge < -0.3 is 9.12 Å². The molecule has 0 bridgehead atoms. The molecule has 0 aliphatic heterocycles. The predicted octanol–water partition coefficient (Wildman–Crippen LogP) is 2.26. The summed E-state index contributed by atoms with van der Waals surface area (Å²) in [5.74, 6) is 0. The Bertz CT molecular complexity index is 482. The lowest BCUT2D eigenvalue weighted by Crippen LogP contribution is -2.40. The lowest BCUT2D eigenvalue weighted by atomic mass is 10.1. The summed E-state index contributed by atoms with van der Waals surface area (Å²) >= 11 is 2.26. The van der Waals surface area contributed by atoms with E-state index in [2.05, 4.69) is 20.7 Å². The molecule has 0 spiro atoms. The van der Waals surface area contributed by atoms with E-state index in [4.69, 9.17) is 0 Å². The van der Waals surface area contributed by atoms with E-state index in [1.165, 1.54) is 4.57 Å². The first-order valence-electron chi connectivity index (χ1n) is 5.67. The Morgan fingerprint density at radius 3 is 2.56 bits per heavy atom. The van der Waals surface area contributed by atoms with Gasteiger partial charge >= 0.3 is 0 Å². The Hall–Kier alpha value is -0.300. The van der Waals surface area contributed by atoms with Gasteiger partial charge in [0.1, 0.15) is 4.75 Å². The third-order valence-corrected chi connectivity index (χ3v) is 4.86. The van der Waals surface area contributed by atoms with E-state index in [1.54, 1.807) is 19.3 Å². The van der Waals surface area contributed by atoms with E-state index in [9.17, 15) is 9.35 Å². The van der Waals surface area contributed by atoms with Crippen molar-refractivity contribution in [3.8, 4) is 0 Å². The number of hydrogen-bond acceptors (Lipinski definition) is 3. The molecule has 102 valence electrons. The van der Waals surface area contributed by atoms with E-state index in [0.29, 0.717) is 0 Å². The minimum absolute atomic E-state index is 0.0802. The van der Waals surface area contributed by atoms with Crippen LogP contribution >= 0.6 is 15.9 Å². The lowest BCUT2D eigenvalue weighted by Gasteiger charge is -2.26. The fraction of sp³-hybridized carbons (Fsp3) is 0.583. The number of nitrogens with one attached hydrogen (secondary N) is 1. The second-order valence-electron chi connectivity index (χ2n) is 5.25. The Morgan fingerprint density at radius 2 is 2.06 bits per heavy atom. The van der Waals surface area contributed by atoms with E-state index >= 15 is 0 Å². The van der Waals surface area contributed by atoms with Gasteiger partial charge in [0.2, 0.25) is 0 Å². The number of rotatable bonds is 3. The summed E-state index contributed by atoms with van der Waals surface area (Å²) in [6.07, 6.45) is 1.72. The van der Waals surface area contributed by atoms with Crippen molar-refractivity contribution in [3.05, 3.63) is 32.7 Å².